The number of benzene rings is 1. The Hall–Kier alpha value is -2.70. The van der Waals surface area contributed by atoms with Crippen LogP contribution in [0.25, 0.3) is 0 Å². The van der Waals surface area contributed by atoms with Crippen molar-refractivity contribution in [3.05, 3.63) is 41.8 Å². The first-order valence-corrected chi connectivity index (χ1v) is 8.45. The fraction of sp³-hybridized carbons (Fsp3) is 0.389. The number of anilines is 2. The third-order valence-corrected chi connectivity index (χ3v) is 4.44. The largest absolute Gasteiger partial charge is 0.321 e. The Morgan fingerprint density at radius 2 is 1.80 bits per heavy atom. The molecular formula is C18H21FN4O2. The minimum atomic E-state index is -0.416. The van der Waals surface area contributed by atoms with E-state index in [1.54, 1.807) is 13.1 Å². The smallest absolute Gasteiger partial charge is 0.276 e. The molecule has 7 heteroatoms. The fourth-order valence-corrected chi connectivity index (χ4v) is 3.02. The summed E-state index contributed by atoms with van der Waals surface area (Å²) in [6, 6.07) is 7.02. The summed E-state index contributed by atoms with van der Waals surface area (Å²) in [4.78, 5) is 24.6. The Balaban J connectivity index is 1.65. The highest BCUT2D eigenvalue weighted by molar-refractivity contribution is 6.04. The van der Waals surface area contributed by atoms with E-state index in [-0.39, 0.29) is 23.3 Å². The molecule has 25 heavy (non-hydrogen) atoms. The molecule has 0 radical (unpaired) electrons. The molecule has 1 aliphatic carbocycles. The predicted octanol–water partition coefficient (Wildman–Crippen LogP) is 3.33. The standard InChI is InChI=1S/C18H21FN4O2/c1-23-16(21-17(24)12-5-3-2-4-6-12)11-15(22-23)18(25)20-14-9-7-13(19)8-10-14/h7-12H,2-6H2,1H3,(H,20,25)(H,21,24). The van der Waals surface area contributed by atoms with Gasteiger partial charge in [-0.15, -0.1) is 0 Å². The number of nitrogens with one attached hydrogen (secondary N) is 2. The quantitative estimate of drug-likeness (QED) is 0.893. The van der Waals surface area contributed by atoms with Crippen molar-refractivity contribution in [2.24, 2.45) is 13.0 Å². The van der Waals surface area contributed by atoms with Crippen molar-refractivity contribution >= 4 is 23.3 Å². The van der Waals surface area contributed by atoms with Gasteiger partial charge >= 0.3 is 0 Å². The van der Waals surface area contributed by atoms with Gasteiger partial charge in [0.05, 0.1) is 0 Å². The third-order valence-electron chi connectivity index (χ3n) is 4.44. The van der Waals surface area contributed by atoms with Gasteiger partial charge in [0, 0.05) is 24.7 Å². The highest BCUT2D eigenvalue weighted by atomic mass is 19.1. The van der Waals surface area contributed by atoms with Crippen LogP contribution in [0.15, 0.2) is 30.3 Å². The van der Waals surface area contributed by atoms with Gasteiger partial charge in [0.25, 0.3) is 5.91 Å². The minimum Gasteiger partial charge on any atom is -0.321 e. The van der Waals surface area contributed by atoms with E-state index >= 15 is 0 Å². The molecule has 132 valence electrons. The Kier molecular flexibility index (Phi) is 5.11. The van der Waals surface area contributed by atoms with Crippen LogP contribution in [-0.2, 0) is 11.8 Å². The van der Waals surface area contributed by atoms with Crippen LogP contribution in [0.4, 0.5) is 15.9 Å². The molecule has 1 heterocycles. The Morgan fingerprint density at radius 1 is 1.12 bits per heavy atom. The zero-order chi connectivity index (χ0) is 17.8. The monoisotopic (exact) mass is 344 g/mol. The molecule has 2 aromatic rings. The summed E-state index contributed by atoms with van der Waals surface area (Å²) >= 11 is 0. The van der Waals surface area contributed by atoms with Crippen LogP contribution in [0.5, 0.6) is 0 Å². The van der Waals surface area contributed by atoms with E-state index in [0.717, 1.165) is 25.7 Å². The van der Waals surface area contributed by atoms with E-state index in [4.69, 9.17) is 0 Å². The van der Waals surface area contributed by atoms with Crippen LogP contribution in [0.3, 0.4) is 0 Å². The van der Waals surface area contributed by atoms with E-state index in [1.807, 2.05) is 0 Å². The molecule has 1 saturated carbocycles. The average molecular weight is 344 g/mol. The Labute approximate surface area is 145 Å². The Bertz CT molecular complexity index is 764. The molecule has 6 nitrogen and oxygen atoms in total. The van der Waals surface area contributed by atoms with E-state index in [1.165, 1.54) is 35.4 Å². The van der Waals surface area contributed by atoms with Crippen molar-refractivity contribution in [3.63, 3.8) is 0 Å². The van der Waals surface area contributed by atoms with Gasteiger partial charge in [-0.3, -0.25) is 14.3 Å². The van der Waals surface area contributed by atoms with Gasteiger partial charge in [0.2, 0.25) is 5.91 Å². The maximum atomic E-state index is 12.9. The fourth-order valence-electron chi connectivity index (χ4n) is 3.02. The molecule has 0 saturated heterocycles. The lowest BCUT2D eigenvalue weighted by molar-refractivity contribution is -0.120. The summed E-state index contributed by atoms with van der Waals surface area (Å²) in [7, 11) is 1.67. The number of nitrogens with zero attached hydrogens (tertiary/aromatic N) is 2. The molecule has 0 aliphatic heterocycles. The lowest BCUT2D eigenvalue weighted by Crippen LogP contribution is -2.25. The van der Waals surface area contributed by atoms with Crippen molar-refractivity contribution in [3.8, 4) is 0 Å². The molecule has 1 aromatic carbocycles. The molecule has 0 spiro atoms. The van der Waals surface area contributed by atoms with Crippen molar-refractivity contribution < 1.29 is 14.0 Å². The van der Waals surface area contributed by atoms with Crippen LogP contribution >= 0.6 is 0 Å². The van der Waals surface area contributed by atoms with Crippen molar-refractivity contribution in [2.45, 2.75) is 32.1 Å². The summed E-state index contributed by atoms with van der Waals surface area (Å²) < 4.78 is 14.4. The number of hydrogen-bond acceptors (Lipinski definition) is 3. The van der Waals surface area contributed by atoms with Gasteiger partial charge in [-0.1, -0.05) is 19.3 Å². The van der Waals surface area contributed by atoms with Crippen molar-refractivity contribution in [1.82, 2.24) is 9.78 Å². The third kappa shape index (κ3) is 4.23. The highest BCUT2D eigenvalue weighted by Crippen LogP contribution is 2.25. The lowest BCUT2D eigenvalue weighted by Gasteiger charge is -2.20. The number of halogens is 1. The number of amides is 2. The van der Waals surface area contributed by atoms with E-state index in [0.29, 0.717) is 11.5 Å². The SMILES string of the molecule is Cn1nc(C(=O)Nc2ccc(F)cc2)cc1NC(=O)C1CCCCC1. The second-order valence-electron chi connectivity index (χ2n) is 6.32. The molecule has 2 amide bonds. The van der Waals surface area contributed by atoms with Gasteiger partial charge < -0.3 is 10.6 Å². The molecule has 1 aromatic heterocycles. The van der Waals surface area contributed by atoms with Gasteiger partial charge in [0.1, 0.15) is 11.6 Å². The summed E-state index contributed by atoms with van der Waals surface area (Å²) in [6.07, 6.45) is 5.15. The van der Waals surface area contributed by atoms with Crippen LogP contribution in [0.2, 0.25) is 0 Å². The summed E-state index contributed by atoms with van der Waals surface area (Å²) in [5.41, 5.74) is 0.663. The minimum absolute atomic E-state index is 0.0202. The number of carbonyl (C=O) groups is 2. The second kappa shape index (κ2) is 7.46. The summed E-state index contributed by atoms with van der Waals surface area (Å²) in [5, 5.41) is 9.65. The first kappa shape index (κ1) is 17.1. The molecule has 2 N–H and O–H groups in total. The predicted molar refractivity (Wildman–Crippen MR) is 92.8 cm³/mol. The Morgan fingerprint density at radius 3 is 2.48 bits per heavy atom. The highest BCUT2D eigenvalue weighted by Gasteiger charge is 2.22. The zero-order valence-electron chi connectivity index (χ0n) is 14.1. The van der Waals surface area contributed by atoms with Crippen LogP contribution in [0.1, 0.15) is 42.6 Å². The average Bonchev–Trinajstić information content (AvgIpc) is 2.98. The van der Waals surface area contributed by atoms with Crippen molar-refractivity contribution in [2.75, 3.05) is 10.6 Å². The molecule has 1 aliphatic rings. The second-order valence-corrected chi connectivity index (χ2v) is 6.32. The zero-order valence-corrected chi connectivity index (χ0v) is 14.1. The van der Waals surface area contributed by atoms with Gasteiger partial charge in [-0.05, 0) is 37.1 Å². The number of hydrogen-bond donors (Lipinski definition) is 2. The van der Waals surface area contributed by atoms with E-state index in [2.05, 4.69) is 15.7 Å². The molecule has 3 rings (SSSR count). The number of aryl methyl sites for hydroxylation is 1. The van der Waals surface area contributed by atoms with Crippen LogP contribution in [0, 0.1) is 11.7 Å². The summed E-state index contributed by atoms with van der Waals surface area (Å²) in [6.45, 7) is 0. The maximum absolute atomic E-state index is 12.9. The van der Waals surface area contributed by atoms with Gasteiger partial charge in [-0.2, -0.15) is 5.10 Å². The molecule has 0 bridgehead atoms. The molecular weight excluding hydrogens is 323 g/mol. The normalized spacial score (nSPS) is 15.0. The lowest BCUT2D eigenvalue weighted by atomic mass is 9.89. The van der Waals surface area contributed by atoms with Crippen LogP contribution < -0.4 is 10.6 Å². The van der Waals surface area contributed by atoms with Gasteiger partial charge in [-0.25, -0.2) is 4.39 Å². The van der Waals surface area contributed by atoms with Crippen LogP contribution in [-0.4, -0.2) is 21.6 Å². The van der Waals surface area contributed by atoms with E-state index < -0.39 is 5.91 Å². The van der Waals surface area contributed by atoms with E-state index in [9.17, 15) is 14.0 Å². The number of rotatable bonds is 4. The maximum Gasteiger partial charge on any atom is 0.276 e. The van der Waals surface area contributed by atoms with Gasteiger partial charge in [0.15, 0.2) is 5.69 Å². The molecule has 1 fully saturated rings. The number of aromatic nitrogens is 2. The van der Waals surface area contributed by atoms with Crippen molar-refractivity contribution in [1.29, 1.82) is 0 Å². The first-order valence-electron chi connectivity index (χ1n) is 8.45. The summed E-state index contributed by atoms with van der Waals surface area (Å²) in [5.74, 6) is -0.294. The topological polar surface area (TPSA) is 76.0 Å². The molecule has 0 atom stereocenters. The molecule has 0 unspecified atom stereocenters. The first-order chi connectivity index (χ1) is 12.0. The number of carbonyl (C=O) groups excluding carboxylic acids is 2.